The van der Waals surface area contributed by atoms with Gasteiger partial charge in [0, 0.05) is 16.9 Å². The molecule has 0 spiro atoms. The summed E-state index contributed by atoms with van der Waals surface area (Å²) in [6, 6.07) is 11.1. The van der Waals surface area contributed by atoms with E-state index in [4.69, 9.17) is 9.73 Å². The molecule has 1 aliphatic carbocycles. The number of rotatable bonds is 3. The van der Waals surface area contributed by atoms with Crippen LogP contribution in [-0.4, -0.2) is 17.5 Å². The van der Waals surface area contributed by atoms with E-state index in [1.165, 1.54) is 11.3 Å². The molecule has 1 aromatic carbocycles. The van der Waals surface area contributed by atoms with E-state index in [0.29, 0.717) is 21.3 Å². The van der Waals surface area contributed by atoms with Gasteiger partial charge in [-0.2, -0.15) is 0 Å². The second-order valence-corrected chi connectivity index (χ2v) is 10.7. The van der Waals surface area contributed by atoms with Gasteiger partial charge >= 0.3 is 0 Å². The van der Waals surface area contributed by atoms with E-state index in [0.717, 1.165) is 28.3 Å². The van der Waals surface area contributed by atoms with Crippen molar-refractivity contribution >= 4 is 34.5 Å². The number of fused-ring (bicyclic) bond motifs is 1. The fourth-order valence-electron chi connectivity index (χ4n) is 4.35. The number of hydrogen-bond donors (Lipinski definition) is 0. The molecule has 0 N–H and O–H groups in total. The predicted octanol–water partition coefficient (Wildman–Crippen LogP) is 3.67. The molecule has 1 unspecified atom stereocenters. The highest BCUT2D eigenvalue weighted by molar-refractivity contribution is 7.11. The van der Waals surface area contributed by atoms with Crippen LogP contribution >= 0.6 is 22.7 Å². The summed E-state index contributed by atoms with van der Waals surface area (Å²) in [5, 5.41) is 1.99. The summed E-state index contributed by atoms with van der Waals surface area (Å²) in [5.41, 5.74) is 2.10. The molecule has 5 rings (SSSR count). The van der Waals surface area contributed by atoms with Crippen molar-refractivity contribution in [3.05, 3.63) is 83.2 Å². The van der Waals surface area contributed by atoms with Gasteiger partial charge in [-0.05, 0) is 47.1 Å². The van der Waals surface area contributed by atoms with E-state index in [-0.39, 0.29) is 16.8 Å². The third-order valence-corrected chi connectivity index (χ3v) is 7.55. The molecule has 31 heavy (non-hydrogen) atoms. The Bertz CT molecular complexity index is 1370. The van der Waals surface area contributed by atoms with Crippen molar-refractivity contribution < 1.29 is 9.53 Å². The lowest BCUT2D eigenvalue weighted by atomic mass is 9.73. The molecule has 5 nitrogen and oxygen atoms in total. The number of Topliss-reactive ketones (excluding diaryl/α,β-unsaturated/α-hetero) is 1. The van der Waals surface area contributed by atoms with Gasteiger partial charge in [-0.1, -0.05) is 43.4 Å². The summed E-state index contributed by atoms with van der Waals surface area (Å²) in [6.45, 7) is 4.19. The molecule has 0 bridgehead atoms. The van der Waals surface area contributed by atoms with Crippen molar-refractivity contribution in [2.75, 3.05) is 7.11 Å². The van der Waals surface area contributed by atoms with Crippen molar-refractivity contribution in [2.45, 2.75) is 32.7 Å². The van der Waals surface area contributed by atoms with E-state index in [9.17, 15) is 9.59 Å². The second kappa shape index (κ2) is 7.43. The number of carbonyl (C=O) groups excluding carboxylic acids is 1. The van der Waals surface area contributed by atoms with E-state index >= 15 is 0 Å². The van der Waals surface area contributed by atoms with E-state index in [2.05, 4.69) is 13.8 Å². The van der Waals surface area contributed by atoms with Crippen LogP contribution < -0.4 is 19.6 Å². The minimum absolute atomic E-state index is 0.0726. The van der Waals surface area contributed by atoms with E-state index in [1.54, 1.807) is 23.0 Å². The summed E-state index contributed by atoms with van der Waals surface area (Å²) >= 11 is 2.98. The van der Waals surface area contributed by atoms with Crippen LogP contribution in [0, 0.1) is 5.41 Å². The van der Waals surface area contributed by atoms with Gasteiger partial charge in [0.2, 0.25) is 0 Å². The maximum atomic E-state index is 13.5. The molecular formula is C24H22N2O3S2. The zero-order chi connectivity index (χ0) is 21.8. The number of ether oxygens (including phenoxy) is 1. The standard InChI is InChI=1S/C24H22N2O3S2/c1-24(2)12-17-20(18(27)13-24)21(14-6-8-15(29-3)9-7-14)26-22(28)19(31-23(26)25-17)11-16-5-4-10-30-16/h4-11,21H,12-13H2,1-3H3. The van der Waals surface area contributed by atoms with E-state index < -0.39 is 6.04 Å². The van der Waals surface area contributed by atoms with Crippen molar-refractivity contribution in [3.63, 3.8) is 0 Å². The Morgan fingerprint density at radius 1 is 1.16 bits per heavy atom. The molecule has 7 heteroatoms. The summed E-state index contributed by atoms with van der Waals surface area (Å²) < 4.78 is 7.63. The summed E-state index contributed by atoms with van der Waals surface area (Å²) in [6.07, 6.45) is 3.08. The molecule has 2 aromatic heterocycles. The molecule has 0 fully saturated rings. The van der Waals surface area contributed by atoms with Crippen LogP contribution in [-0.2, 0) is 4.79 Å². The average molecular weight is 451 g/mol. The Labute approximate surface area is 187 Å². The summed E-state index contributed by atoms with van der Waals surface area (Å²) in [7, 11) is 1.62. The molecule has 0 saturated carbocycles. The van der Waals surface area contributed by atoms with Crippen LogP contribution in [0.25, 0.3) is 6.08 Å². The minimum Gasteiger partial charge on any atom is -0.497 e. The lowest BCUT2D eigenvalue weighted by Crippen LogP contribution is -2.42. The van der Waals surface area contributed by atoms with Crippen molar-refractivity contribution in [2.24, 2.45) is 10.4 Å². The van der Waals surface area contributed by atoms with Gasteiger partial charge in [0.15, 0.2) is 10.6 Å². The molecule has 158 valence electrons. The second-order valence-electron chi connectivity index (χ2n) is 8.67. The summed E-state index contributed by atoms with van der Waals surface area (Å²) in [4.78, 5) is 33.3. The molecule has 0 radical (unpaired) electrons. The van der Waals surface area contributed by atoms with Crippen LogP contribution in [0.5, 0.6) is 5.75 Å². The van der Waals surface area contributed by atoms with Crippen LogP contribution in [0.1, 0.15) is 43.2 Å². The van der Waals surface area contributed by atoms with Crippen molar-refractivity contribution in [1.29, 1.82) is 0 Å². The number of nitrogens with zero attached hydrogens (tertiary/aromatic N) is 2. The molecule has 0 amide bonds. The highest BCUT2D eigenvalue weighted by Gasteiger charge is 2.40. The molecule has 1 atom stereocenters. The molecular weight excluding hydrogens is 428 g/mol. The van der Waals surface area contributed by atoms with Gasteiger partial charge in [0.05, 0.1) is 23.4 Å². The van der Waals surface area contributed by atoms with Gasteiger partial charge < -0.3 is 4.74 Å². The quantitative estimate of drug-likeness (QED) is 0.612. The van der Waals surface area contributed by atoms with Gasteiger partial charge in [-0.25, -0.2) is 4.99 Å². The van der Waals surface area contributed by atoms with Crippen molar-refractivity contribution in [1.82, 2.24) is 4.57 Å². The number of benzene rings is 1. The molecule has 1 aliphatic heterocycles. The number of carbonyl (C=O) groups is 1. The monoisotopic (exact) mass is 450 g/mol. The van der Waals surface area contributed by atoms with E-state index in [1.807, 2.05) is 47.9 Å². The highest BCUT2D eigenvalue weighted by Crippen LogP contribution is 2.43. The van der Waals surface area contributed by atoms with Crippen LogP contribution in [0.2, 0.25) is 0 Å². The number of methoxy groups -OCH3 is 1. The van der Waals surface area contributed by atoms with Gasteiger partial charge in [-0.3, -0.25) is 14.2 Å². The Morgan fingerprint density at radius 2 is 1.94 bits per heavy atom. The van der Waals surface area contributed by atoms with Crippen LogP contribution in [0.4, 0.5) is 0 Å². The predicted molar refractivity (Wildman–Crippen MR) is 123 cm³/mol. The lowest BCUT2D eigenvalue weighted by Gasteiger charge is -2.35. The number of allylic oxidation sites excluding steroid dienone is 2. The first-order chi connectivity index (χ1) is 14.9. The third kappa shape index (κ3) is 3.51. The summed E-state index contributed by atoms with van der Waals surface area (Å²) in [5.74, 6) is 0.808. The highest BCUT2D eigenvalue weighted by atomic mass is 32.1. The first-order valence-corrected chi connectivity index (χ1v) is 11.8. The zero-order valence-corrected chi connectivity index (χ0v) is 19.2. The lowest BCUT2D eigenvalue weighted by molar-refractivity contribution is -0.118. The molecule has 2 aliphatic rings. The van der Waals surface area contributed by atoms with Gasteiger partial charge in [-0.15, -0.1) is 11.3 Å². The number of thiazole rings is 1. The smallest absolute Gasteiger partial charge is 0.271 e. The molecule has 3 heterocycles. The fourth-order valence-corrected chi connectivity index (χ4v) is 6.10. The SMILES string of the molecule is COc1ccc(C2C3=C(CC(C)(C)CC3=O)N=c3sc(=Cc4cccs4)c(=O)n32)cc1. The number of ketones is 1. The maximum absolute atomic E-state index is 13.5. The Kier molecular flexibility index (Phi) is 4.83. The topological polar surface area (TPSA) is 60.7 Å². The molecule has 3 aromatic rings. The molecule has 0 saturated heterocycles. The number of hydrogen-bond acceptors (Lipinski definition) is 6. The Balaban J connectivity index is 1.77. The van der Waals surface area contributed by atoms with Crippen molar-refractivity contribution in [3.8, 4) is 5.75 Å². The van der Waals surface area contributed by atoms with Gasteiger partial charge in [0.25, 0.3) is 5.56 Å². The fraction of sp³-hybridized carbons (Fsp3) is 0.292. The zero-order valence-electron chi connectivity index (χ0n) is 17.5. The van der Waals surface area contributed by atoms with Crippen LogP contribution in [0.3, 0.4) is 0 Å². The maximum Gasteiger partial charge on any atom is 0.271 e. The van der Waals surface area contributed by atoms with Crippen LogP contribution in [0.15, 0.2) is 62.8 Å². The Hall–Kier alpha value is -2.77. The third-order valence-electron chi connectivity index (χ3n) is 5.74. The minimum atomic E-state index is -0.466. The largest absolute Gasteiger partial charge is 0.497 e. The Morgan fingerprint density at radius 3 is 2.61 bits per heavy atom. The average Bonchev–Trinajstić information content (AvgIpc) is 3.34. The normalized spacial score (nSPS) is 20.3. The number of thiophene rings is 1. The first kappa shape index (κ1) is 20.2. The number of aromatic nitrogens is 1. The van der Waals surface area contributed by atoms with Gasteiger partial charge in [0.1, 0.15) is 5.75 Å². The first-order valence-electron chi connectivity index (χ1n) is 10.1.